The van der Waals surface area contributed by atoms with E-state index in [0.29, 0.717) is 6.04 Å². The van der Waals surface area contributed by atoms with Crippen molar-refractivity contribution in [3.05, 3.63) is 47.3 Å². The average molecular weight is 302 g/mol. The van der Waals surface area contributed by atoms with Gasteiger partial charge in [0, 0.05) is 22.3 Å². The second-order valence-electron chi connectivity index (χ2n) is 5.40. The van der Waals surface area contributed by atoms with Gasteiger partial charge in [-0.3, -0.25) is 4.79 Å². The molecule has 1 aromatic heterocycles. The molecule has 112 valence electrons. The van der Waals surface area contributed by atoms with Crippen molar-refractivity contribution < 1.29 is 4.79 Å². The zero-order valence-electron chi connectivity index (χ0n) is 13.2. The summed E-state index contributed by atoms with van der Waals surface area (Å²) in [6, 6.07) is 10.2. The molecule has 1 N–H and O–H groups in total. The van der Waals surface area contributed by atoms with Crippen molar-refractivity contribution in [2.75, 3.05) is 11.6 Å². The highest BCUT2D eigenvalue weighted by molar-refractivity contribution is 7.98. The summed E-state index contributed by atoms with van der Waals surface area (Å²) in [4.78, 5) is 13.6. The van der Waals surface area contributed by atoms with Crippen LogP contribution in [0.15, 0.2) is 35.2 Å². The number of rotatable bonds is 4. The molecular weight excluding hydrogens is 280 g/mol. The molecule has 3 nitrogen and oxygen atoms in total. The maximum atomic E-state index is 12.6. The zero-order valence-corrected chi connectivity index (χ0v) is 14.0. The van der Waals surface area contributed by atoms with Gasteiger partial charge in [0.1, 0.15) is 0 Å². The van der Waals surface area contributed by atoms with Crippen molar-refractivity contribution in [2.24, 2.45) is 0 Å². The lowest BCUT2D eigenvalue weighted by molar-refractivity contribution is 0.102. The smallest absolute Gasteiger partial charge is 0.257 e. The second-order valence-corrected chi connectivity index (χ2v) is 6.25. The van der Waals surface area contributed by atoms with Gasteiger partial charge < -0.3 is 9.88 Å². The number of hydrogen-bond acceptors (Lipinski definition) is 2. The lowest BCUT2D eigenvalue weighted by Crippen LogP contribution is -2.14. The third-order valence-electron chi connectivity index (χ3n) is 3.60. The first-order valence-corrected chi connectivity index (χ1v) is 8.31. The van der Waals surface area contributed by atoms with Crippen LogP contribution in [0.4, 0.5) is 5.69 Å². The van der Waals surface area contributed by atoms with E-state index in [4.69, 9.17) is 0 Å². The van der Waals surface area contributed by atoms with Crippen LogP contribution in [0.25, 0.3) is 0 Å². The number of anilines is 1. The van der Waals surface area contributed by atoms with Crippen molar-refractivity contribution in [1.82, 2.24) is 4.57 Å². The predicted octanol–water partition coefficient (Wildman–Crippen LogP) is 4.66. The molecule has 2 aromatic rings. The quantitative estimate of drug-likeness (QED) is 0.833. The van der Waals surface area contributed by atoms with Gasteiger partial charge in [0.15, 0.2) is 0 Å². The molecule has 2 rings (SSSR count). The van der Waals surface area contributed by atoms with E-state index in [0.717, 1.165) is 27.5 Å². The monoisotopic (exact) mass is 302 g/mol. The van der Waals surface area contributed by atoms with Gasteiger partial charge in [-0.15, -0.1) is 11.8 Å². The molecule has 0 saturated carbocycles. The van der Waals surface area contributed by atoms with Crippen molar-refractivity contribution in [1.29, 1.82) is 0 Å². The molecule has 1 amide bonds. The lowest BCUT2D eigenvalue weighted by atomic mass is 10.2. The van der Waals surface area contributed by atoms with Gasteiger partial charge in [0.05, 0.1) is 11.3 Å². The largest absolute Gasteiger partial charge is 0.346 e. The van der Waals surface area contributed by atoms with Crippen molar-refractivity contribution in [3.8, 4) is 0 Å². The minimum atomic E-state index is -0.0449. The first-order valence-electron chi connectivity index (χ1n) is 7.08. The third-order valence-corrected chi connectivity index (χ3v) is 4.40. The fraction of sp³-hybridized carbons (Fsp3) is 0.353. The Labute approximate surface area is 130 Å². The molecule has 0 saturated heterocycles. The number of nitrogens with one attached hydrogen (secondary N) is 1. The number of hydrogen-bond donors (Lipinski definition) is 1. The fourth-order valence-electron chi connectivity index (χ4n) is 2.74. The number of carbonyl (C=O) groups excluding carboxylic acids is 1. The normalized spacial score (nSPS) is 11.0. The molecule has 0 spiro atoms. The standard InChI is InChI=1S/C17H22N2OS/c1-11(2)19-12(3)10-14(13(19)4)17(20)18-15-8-6-7-9-16(15)21-5/h6-11H,1-5H3,(H,18,20). The summed E-state index contributed by atoms with van der Waals surface area (Å²) in [6.07, 6.45) is 2.01. The molecule has 0 aliphatic carbocycles. The van der Waals surface area contributed by atoms with Crippen LogP contribution in [-0.4, -0.2) is 16.7 Å². The molecule has 0 atom stereocenters. The highest BCUT2D eigenvalue weighted by Crippen LogP contribution is 2.26. The summed E-state index contributed by atoms with van der Waals surface area (Å²) in [5.74, 6) is -0.0449. The predicted molar refractivity (Wildman–Crippen MR) is 90.5 cm³/mol. The Kier molecular flexibility index (Phi) is 4.78. The number of para-hydroxylation sites is 1. The minimum absolute atomic E-state index is 0.0449. The summed E-state index contributed by atoms with van der Waals surface area (Å²) in [6.45, 7) is 8.30. The second kappa shape index (κ2) is 6.39. The van der Waals surface area contributed by atoms with Gasteiger partial charge in [-0.25, -0.2) is 0 Å². The molecule has 0 aliphatic heterocycles. The lowest BCUT2D eigenvalue weighted by Gasteiger charge is -2.14. The highest BCUT2D eigenvalue weighted by Gasteiger charge is 2.17. The maximum Gasteiger partial charge on any atom is 0.257 e. The Hall–Kier alpha value is -1.68. The van der Waals surface area contributed by atoms with E-state index in [9.17, 15) is 4.79 Å². The van der Waals surface area contributed by atoms with Crippen LogP contribution in [0.1, 0.15) is 41.6 Å². The van der Waals surface area contributed by atoms with E-state index >= 15 is 0 Å². The van der Waals surface area contributed by atoms with Crippen molar-refractivity contribution >= 4 is 23.4 Å². The van der Waals surface area contributed by atoms with E-state index in [1.54, 1.807) is 11.8 Å². The Bertz CT molecular complexity index is 659. The van der Waals surface area contributed by atoms with Crippen LogP contribution in [0.3, 0.4) is 0 Å². The van der Waals surface area contributed by atoms with Gasteiger partial charge in [-0.05, 0) is 52.1 Å². The molecule has 0 bridgehead atoms. The molecule has 0 radical (unpaired) electrons. The zero-order chi connectivity index (χ0) is 15.6. The summed E-state index contributed by atoms with van der Waals surface area (Å²) in [5, 5.41) is 3.02. The summed E-state index contributed by atoms with van der Waals surface area (Å²) in [7, 11) is 0. The van der Waals surface area contributed by atoms with Crippen LogP contribution < -0.4 is 5.32 Å². The van der Waals surface area contributed by atoms with Gasteiger partial charge in [0.25, 0.3) is 5.91 Å². The number of amides is 1. The van der Waals surface area contributed by atoms with E-state index < -0.39 is 0 Å². The van der Waals surface area contributed by atoms with Crippen LogP contribution in [0, 0.1) is 13.8 Å². The van der Waals surface area contributed by atoms with Gasteiger partial charge in [-0.1, -0.05) is 12.1 Å². The SMILES string of the molecule is CSc1ccccc1NC(=O)c1cc(C)n(C(C)C)c1C. The van der Waals surface area contributed by atoms with Crippen molar-refractivity contribution in [2.45, 2.75) is 38.6 Å². The Morgan fingerprint density at radius 3 is 2.48 bits per heavy atom. The van der Waals surface area contributed by atoms with Crippen molar-refractivity contribution in [3.63, 3.8) is 0 Å². The van der Waals surface area contributed by atoms with Crippen LogP contribution in [0.5, 0.6) is 0 Å². The molecule has 0 unspecified atom stereocenters. The number of nitrogens with zero attached hydrogens (tertiary/aromatic N) is 1. The number of aromatic nitrogens is 1. The van der Waals surface area contributed by atoms with Gasteiger partial charge in [0.2, 0.25) is 0 Å². The van der Waals surface area contributed by atoms with E-state index in [2.05, 4.69) is 23.7 Å². The first kappa shape index (κ1) is 15.7. The number of thioether (sulfide) groups is 1. The summed E-state index contributed by atoms with van der Waals surface area (Å²) >= 11 is 1.63. The summed E-state index contributed by atoms with van der Waals surface area (Å²) < 4.78 is 2.19. The highest BCUT2D eigenvalue weighted by atomic mass is 32.2. The Morgan fingerprint density at radius 2 is 1.90 bits per heavy atom. The molecule has 0 fully saturated rings. The third kappa shape index (κ3) is 3.16. The molecule has 4 heteroatoms. The topological polar surface area (TPSA) is 34.0 Å². The number of benzene rings is 1. The van der Waals surface area contributed by atoms with Gasteiger partial charge >= 0.3 is 0 Å². The van der Waals surface area contributed by atoms with Crippen LogP contribution in [0.2, 0.25) is 0 Å². The van der Waals surface area contributed by atoms with E-state index in [1.165, 1.54) is 0 Å². The van der Waals surface area contributed by atoms with Gasteiger partial charge in [-0.2, -0.15) is 0 Å². The average Bonchev–Trinajstić information content (AvgIpc) is 2.74. The van der Waals surface area contributed by atoms with Crippen LogP contribution in [-0.2, 0) is 0 Å². The number of carbonyl (C=O) groups is 1. The molecule has 21 heavy (non-hydrogen) atoms. The molecule has 0 aliphatic rings. The molecular formula is C17H22N2OS. The fourth-order valence-corrected chi connectivity index (χ4v) is 3.29. The van der Waals surface area contributed by atoms with E-state index in [-0.39, 0.29) is 5.91 Å². The maximum absolute atomic E-state index is 12.6. The number of aryl methyl sites for hydroxylation is 1. The Balaban J connectivity index is 2.31. The van der Waals surface area contributed by atoms with E-state index in [1.807, 2.05) is 50.4 Å². The first-order chi connectivity index (χ1) is 9.95. The van der Waals surface area contributed by atoms with Crippen LogP contribution >= 0.6 is 11.8 Å². The Morgan fingerprint density at radius 1 is 1.24 bits per heavy atom. The molecule has 1 heterocycles. The summed E-state index contributed by atoms with van der Waals surface area (Å²) in [5.41, 5.74) is 3.74. The molecule has 1 aromatic carbocycles. The minimum Gasteiger partial charge on any atom is -0.346 e.